The van der Waals surface area contributed by atoms with E-state index in [0.717, 1.165) is 33.5 Å². The predicted octanol–water partition coefficient (Wildman–Crippen LogP) is 4.73. The highest BCUT2D eigenvalue weighted by Crippen LogP contribution is 2.35. The third-order valence-corrected chi connectivity index (χ3v) is 6.60. The maximum atomic E-state index is 12.3. The van der Waals surface area contributed by atoms with E-state index in [0.29, 0.717) is 0 Å². The van der Waals surface area contributed by atoms with E-state index in [1.54, 1.807) is 0 Å². The van der Waals surface area contributed by atoms with Crippen LogP contribution in [0.2, 0.25) is 0 Å². The van der Waals surface area contributed by atoms with Crippen LogP contribution >= 0.6 is 11.8 Å². The molecule has 0 saturated carbocycles. The molecule has 0 aromatic heterocycles. The molecule has 35 heavy (non-hydrogen) atoms. The Balaban J connectivity index is 1.44. The molecule has 0 unspecified atom stereocenters. The van der Waals surface area contributed by atoms with Crippen LogP contribution in [-0.2, 0) is 19.1 Å². The van der Waals surface area contributed by atoms with Gasteiger partial charge in [-0.2, -0.15) is 0 Å². The topological polar surface area (TPSA) is 84.5 Å². The molecular weight excluding hydrogens is 460 g/mol. The highest BCUT2D eigenvalue weighted by molar-refractivity contribution is 8.00. The maximum absolute atomic E-state index is 12.3. The quantitative estimate of drug-likeness (QED) is 0.401. The SMILES string of the molecule is Cc1cc(C)c(NC(=O)CNC(=O)COC(=O)CSC(c2ccccc2)c2ccccc2)c(C)c1. The molecule has 6 nitrogen and oxygen atoms in total. The van der Waals surface area contributed by atoms with E-state index < -0.39 is 18.5 Å². The van der Waals surface area contributed by atoms with Crippen LogP contribution < -0.4 is 10.6 Å². The van der Waals surface area contributed by atoms with E-state index in [-0.39, 0.29) is 23.5 Å². The summed E-state index contributed by atoms with van der Waals surface area (Å²) in [5, 5.41) is 5.28. The number of esters is 1. The zero-order valence-electron chi connectivity index (χ0n) is 20.2. The number of benzene rings is 3. The molecule has 0 heterocycles. The number of rotatable bonds is 10. The van der Waals surface area contributed by atoms with Gasteiger partial charge in [-0.15, -0.1) is 11.8 Å². The van der Waals surface area contributed by atoms with Crippen LogP contribution in [0.1, 0.15) is 33.1 Å². The van der Waals surface area contributed by atoms with Gasteiger partial charge in [0.05, 0.1) is 17.5 Å². The van der Waals surface area contributed by atoms with Crippen molar-refractivity contribution in [3.63, 3.8) is 0 Å². The largest absolute Gasteiger partial charge is 0.455 e. The lowest BCUT2D eigenvalue weighted by atomic mass is 10.0. The number of hydrogen-bond acceptors (Lipinski definition) is 5. The van der Waals surface area contributed by atoms with Crippen molar-refractivity contribution < 1.29 is 19.1 Å². The zero-order valence-corrected chi connectivity index (χ0v) is 21.0. The summed E-state index contributed by atoms with van der Waals surface area (Å²) < 4.78 is 5.12. The van der Waals surface area contributed by atoms with Crippen molar-refractivity contribution >= 4 is 35.2 Å². The van der Waals surface area contributed by atoms with E-state index in [1.807, 2.05) is 93.6 Å². The van der Waals surface area contributed by atoms with Crippen LogP contribution in [0.15, 0.2) is 72.8 Å². The summed E-state index contributed by atoms with van der Waals surface area (Å²) in [5.74, 6) is -1.27. The first-order valence-electron chi connectivity index (χ1n) is 11.3. The van der Waals surface area contributed by atoms with Crippen LogP contribution in [0.5, 0.6) is 0 Å². The normalized spacial score (nSPS) is 10.6. The lowest BCUT2D eigenvalue weighted by Gasteiger charge is -2.17. The Morgan fingerprint density at radius 3 is 1.91 bits per heavy atom. The summed E-state index contributed by atoms with van der Waals surface area (Å²) in [6.45, 7) is 5.20. The van der Waals surface area contributed by atoms with Gasteiger partial charge < -0.3 is 15.4 Å². The number of anilines is 1. The molecule has 0 radical (unpaired) electrons. The van der Waals surface area contributed by atoms with Gasteiger partial charge in [0.15, 0.2) is 6.61 Å². The second kappa shape index (κ2) is 12.8. The Morgan fingerprint density at radius 2 is 1.37 bits per heavy atom. The fourth-order valence-electron chi connectivity index (χ4n) is 3.77. The van der Waals surface area contributed by atoms with Gasteiger partial charge in [0, 0.05) is 5.69 Å². The van der Waals surface area contributed by atoms with Crippen LogP contribution in [0.25, 0.3) is 0 Å². The van der Waals surface area contributed by atoms with Crippen molar-refractivity contribution in [3.05, 3.63) is 101 Å². The lowest BCUT2D eigenvalue weighted by Crippen LogP contribution is -2.36. The van der Waals surface area contributed by atoms with Gasteiger partial charge in [0.25, 0.3) is 5.91 Å². The van der Waals surface area contributed by atoms with Crippen LogP contribution in [0.4, 0.5) is 5.69 Å². The number of aryl methyl sites for hydroxylation is 3. The third-order valence-electron chi connectivity index (χ3n) is 5.32. The van der Waals surface area contributed by atoms with Crippen molar-refractivity contribution in [2.24, 2.45) is 0 Å². The molecule has 7 heteroatoms. The summed E-state index contributed by atoms with van der Waals surface area (Å²) in [5.41, 5.74) is 5.93. The number of thioether (sulfide) groups is 1. The summed E-state index contributed by atoms with van der Waals surface area (Å²) in [4.78, 5) is 36.6. The number of carbonyl (C=O) groups excluding carboxylic acids is 3. The lowest BCUT2D eigenvalue weighted by molar-refractivity contribution is -0.146. The number of carbonyl (C=O) groups is 3. The minimum atomic E-state index is -0.529. The molecule has 0 spiro atoms. The monoisotopic (exact) mass is 490 g/mol. The van der Waals surface area contributed by atoms with Crippen molar-refractivity contribution in [2.45, 2.75) is 26.0 Å². The number of nitrogens with one attached hydrogen (secondary N) is 2. The zero-order chi connectivity index (χ0) is 25.2. The molecule has 3 aromatic rings. The molecule has 0 aliphatic carbocycles. The van der Waals surface area contributed by atoms with Crippen LogP contribution in [0.3, 0.4) is 0 Å². The van der Waals surface area contributed by atoms with Crippen LogP contribution in [-0.4, -0.2) is 36.7 Å². The van der Waals surface area contributed by atoms with E-state index in [4.69, 9.17) is 4.74 Å². The standard InChI is InChI=1S/C28H30N2O4S/c1-19-14-20(2)27(21(3)15-19)30-24(31)16-29-25(32)17-34-26(33)18-35-28(22-10-6-4-7-11-22)23-12-8-5-9-13-23/h4-15,28H,16-18H2,1-3H3,(H,29,32)(H,30,31). The van der Waals surface area contributed by atoms with Gasteiger partial charge in [0.2, 0.25) is 5.91 Å². The minimum absolute atomic E-state index is 0.0313. The number of ether oxygens (including phenoxy) is 1. The summed E-state index contributed by atoms with van der Waals surface area (Å²) in [6.07, 6.45) is 0. The van der Waals surface area contributed by atoms with E-state index in [2.05, 4.69) is 10.6 Å². The first-order valence-corrected chi connectivity index (χ1v) is 12.4. The molecule has 3 aromatic carbocycles. The Kier molecular flexibility index (Phi) is 9.49. The fourth-order valence-corrected chi connectivity index (χ4v) is 4.86. The second-order valence-electron chi connectivity index (χ2n) is 8.27. The first-order chi connectivity index (χ1) is 16.8. The summed E-state index contributed by atoms with van der Waals surface area (Å²) in [6, 6.07) is 23.8. The summed E-state index contributed by atoms with van der Waals surface area (Å²) in [7, 11) is 0. The highest BCUT2D eigenvalue weighted by atomic mass is 32.2. The molecule has 2 N–H and O–H groups in total. The van der Waals surface area contributed by atoms with Gasteiger partial charge in [0.1, 0.15) is 0 Å². The number of amides is 2. The Labute approximate surface area is 210 Å². The Bertz CT molecular complexity index is 1100. The Morgan fingerprint density at radius 1 is 0.829 bits per heavy atom. The van der Waals surface area contributed by atoms with Gasteiger partial charge in [-0.05, 0) is 43.0 Å². The van der Waals surface area contributed by atoms with Gasteiger partial charge in [-0.1, -0.05) is 78.4 Å². The first kappa shape index (κ1) is 26.0. The third kappa shape index (κ3) is 8.00. The second-order valence-corrected chi connectivity index (χ2v) is 9.37. The smallest absolute Gasteiger partial charge is 0.316 e. The van der Waals surface area contributed by atoms with E-state index >= 15 is 0 Å². The van der Waals surface area contributed by atoms with Crippen molar-refractivity contribution in [2.75, 3.05) is 24.2 Å². The van der Waals surface area contributed by atoms with E-state index in [1.165, 1.54) is 11.8 Å². The molecule has 0 atom stereocenters. The molecule has 3 rings (SSSR count). The van der Waals surface area contributed by atoms with Gasteiger partial charge in [-0.3, -0.25) is 14.4 Å². The van der Waals surface area contributed by atoms with Crippen molar-refractivity contribution in [1.29, 1.82) is 0 Å². The van der Waals surface area contributed by atoms with Gasteiger partial charge in [-0.25, -0.2) is 0 Å². The molecule has 182 valence electrons. The maximum Gasteiger partial charge on any atom is 0.316 e. The number of hydrogen-bond donors (Lipinski definition) is 2. The molecule has 0 fully saturated rings. The average molecular weight is 491 g/mol. The molecule has 0 bridgehead atoms. The molecule has 0 aliphatic heterocycles. The minimum Gasteiger partial charge on any atom is -0.455 e. The predicted molar refractivity (Wildman–Crippen MR) is 140 cm³/mol. The molecule has 0 saturated heterocycles. The fraction of sp³-hybridized carbons (Fsp3) is 0.250. The average Bonchev–Trinajstić information content (AvgIpc) is 2.85. The van der Waals surface area contributed by atoms with Gasteiger partial charge >= 0.3 is 5.97 Å². The van der Waals surface area contributed by atoms with Crippen molar-refractivity contribution in [1.82, 2.24) is 5.32 Å². The summed E-state index contributed by atoms with van der Waals surface area (Å²) >= 11 is 1.44. The van der Waals surface area contributed by atoms with Crippen LogP contribution in [0, 0.1) is 20.8 Å². The molecule has 2 amide bonds. The van der Waals surface area contributed by atoms with E-state index in [9.17, 15) is 14.4 Å². The molecule has 0 aliphatic rings. The van der Waals surface area contributed by atoms with Crippen molar-refractivity contribution in [3.8, 4) is 0 Å². The highest BCUT2D eigenvalue weighted by Gasteiger charge is 2.17. The molecular formula is C28H30N2O4S. The Hall–Kier alpha value is -3.58.